The Hall–Kier alpha value is -0.130. The van der Waals surface area contributed by atoms with Crippen molar-refractivity contribution in [3.63, 3.8) is 0 Å². The SMILES string of the molecule is COCCS(=O)(=O)CCCN. The first-order valence-electron chi connectivity index (χ1n) is 3.52. The fourth-order valence-electron chi connectivity index (χ4n) is 0.616. The van der Waals surface area contributed by atoms with Crippen LogP contribution in [-0.2, 0) is 14.6 Å². The Bertz CT molecular complexity index is 162. The van der Waals surface area contributed by atoms with Crippen LogP contribution in [0.4, 0.5) is 0 Å². The molecule has 0 amide bonds. The standard InChI is InChI=1S/C6H15NO3S/c1-10-4-6-11(8,9)5-2-3-7/h2-7H2,1H3. The highest BCUT2D eigenvalue weighted by molar-refractivity contribution is 7.91. The zero-order chi connectivity index (χ0) is 8.74. The Morgan fingerprint density at radius 1 is 1.36 bits per heavy atom. The number of ether oxygens (including phenoxy) is 1. The van der Waals surface area contributed by atoms with Crippen LogP contribution in [0, 0.1) is 0 Å². The number of nitrogens with two attached hydrogens (primary N) is 1. The van der Waals surface area contributed by atoms with Crippen LogP contribution >= 0.6 is 0 Å². The molecule has 0 aliphatic rings. The van der Waals surface area contributed by atoms with Gasteiger partial charge in [0.2, 0.25) is 0 Å². The second-order valence-electron chi connectivity index (χ2n) is 2.29. The van der Waals surface area contributed by atoms with Crippen molar-refractivity contribution in [3.8, 4) is 0 Å². The lowest BCUT2D eigenvalue weighted by atomic mass is 10.5. The molecule has 0 aliphatic heterocycles. The van der Waals surface area contributed by atoms with Gasteiger partial charge in [-0.15, -0.1) is 0 Å². The van der Waals surface area contributed by atoms with Crippen molar-refractivity contribution in [1.82, 2.24) is 0 Å². The Kier molecular flexibility index (Phi) is 5.45. The predicted molar refractivity (Wildman–Crippen MR) is 44.2 cm³/mol. The number of hydrogen-bond donors (Lipinski definition) is 1. The lowest BCUT2D eigenvalue weighted by Gasteiger charge is -2.01. The van der Waals surface area contributed by atoms with Gasteiger partial charge in [0.05, 0.1) is 18.1 Å². The molecular formula is C6H15NO3S. The van der Waals surface area contributed by atoms with E-state index in [0.717, 1.165) is 0 Å². The van der Waals surface area contributed by atoms with E-state index in [9.17, 15) is 8.42 Å². The first kappa shape index (κ1) is 10.9. The molecule has 0 saturated heterocycles. The van der Waals surface area contributed by atoms with Gasteiger partial charge in [-0.3, -0.25) is 0 Å². The Morgan fingerprint density at radius 2 is 2.00 bits per heavy atom. The summed E-state index contributed by atoms with van der Waals surface area (Å²) in [6, 6.07) is 0. The van der Waals surface area contributed by atoms with Crippen LogP contribution < -0.4 is 5.73 Å². The second-order valence-corrected chi connectivity index (χ2v) is 4.59. The van der Waals surface area contributed by atoms with Gasteiger partial charge in [-0.05, 0) is 13.0 Å². The van der Waals surface area contributed by atoms with Gasteiger partial charge >= 0.3 is 0 Å². The largest absolute Gasteiger partial charge is 0.384 e. The van der Waals surface area contributed by atoms with E-state index in [1.165, 1.54) is 7.11 Å². The predicted octanol–water partition coefficient (Wildman–Crippen LogP) is -0.604. The topological polar surface area (TPSA) is 69.4 Å². The maximum atomic E-state index is 11.0. The Morgan fingerprint density at radius 3 is 2.45 bits per heavy atom. The molecule has 0 atom stereocenters. The van der Waals surface area contributed by atoms with E-state index >= 15 is 0 Å². The van der Waals surface area contributed by atoms with Gasteiger partial charge < -0.3 is 10.5 Å². The van der Waals surface area contributed by atoms with E-state index in [-0.39, 0.29) is 18.1 Å². The first-order valence-corrected chi connectivity index (χ1v) is 5.34. The molecule has 5 heteroatoms. The van der Waals surface area contributed by atoms with E-state index in [0.29, 0.717) is 13.0 Å². The van der Waals surface area contributed by atoms with E-state index in [2.05, 4.69) is 4.74 Å². The lowest BCUT2D eigenvalue weighted by Crippen LogP contribution is -2.17. The highest BCUT2D eigenvalue weighted by Crippen LogP contribution is 1.92. The summed E-state index contributed by atoms with van der Waals surface area (Å²) in [5.41, 5.74) is 5.17. The molecule has 0 fully saturated rings. The van der Waals surface area contributed by atoms with Crippen molar-refractivity contribution >= 4 is 9.84 Å². The number of methoxy groups -OCH3 is 1. The lowest BCUT2D eigenvalue weighted by molar-refractivity contribution is 0.217. The average molecular weight is 181 g/mol. The fraction of sp³-hybridized carbons (Fsp3) is 1.00. The highest BCUT2D eigenvalue weighted by atomic mass is 32.2. The Balaban J connectivity index is 3.63. The molecule has 0 aromatic heterocycles. The molecule has 11 heavy (non-hydrogen) atoms. The molecule has 0 bridgehead atoms. The fourth-order valence-corrected chi connectivity index (χ4v) is 1.85. The third kappa shape index (κ3) is 6.28. The summed E-state index contributed by atoms with van der Waals surface area (Å²) in [7, 11) is -1.43. The monoisotopic (exact) mass is 181 g/mol. The van der Waals surface area contributed by atoms with E-state index in [1.807, 2.05) is 0 Å². The smallest absolute Gasteiger partial charge is 0.152 e. The zero-order valence-electron chi connectivity index (χ0n) is 6.75. The van der Waals surface area contributed by atoms with Gasteiger partial charge in [-0.2, -0.15) is 0 Å². The normalized spacial score (nSPS) is 11.8. The van der Waals surface area contributed by atoms with Crippen LogP contribution in [0.3, 0.4) is 0 Å². The van der Waals surface area contributed by atoms with Crippen LogP contribution in [0.5, 0.6) is 0 Å². The van der Waals surface area contributed by atoms with Crippen molar-refractivity contribution < 1.29 is 13.2 Å². The van der Waals surface area contributed by atoms with Crippen molar-refractivity contribution in [3.05, 3.63) is 0 Å². The maximum absolute atomic E-state index is 11.0. The summed E-state index contributed by atoms with van der Waals surface area (Å²) in [6.45, 7) is 0.694. The Labute approximate surface area is 67.6 Å². The molecule has 0 radical (unpaired) electrons. The van der Waals surface area contributed by atoms with Gasteiger partial charge in [0.25, 0.3) is 0 Å². The summed E-state index contributed by atoms with van der Waals surface area (Å²) < 4.78 is 26.7. The van der Waals surface area contributed by atoms with E-state index in [4.69, 9.17) is 5.73 Å². The summed E-state index contributed by atoms with van der Waals surface area (Å²) in [6.07, 6.45) is 0.534. The van der Waals surface area contributed by atoms with Gasteiger partial charge in [0.1, 0.15) is 0 Å². The number of rotatable bonds is 6. The quantitative estimate of drug-likeness (QED) is 0.594. The molecule has 2 N–H and O–H groups in total. The van der Waals surface area contributed by atoms with E-state index < -0.39 is 9.84 Å². The van der Waals surface area contributed by atoms with Crippen molar-refractivity contribution in [2.75, 3.05) is 31.8 Å². The highest BCUT2D eigenvalue weighted by Gasteiger charge is 2.08. The maximum Gasteiger partial charge on any atom is 0.152 e. The summed E-state index contributed by atoms with van der Waals surface area (Å²) in [4.78, 5) is 0. The minimum absolute atomic E-state index is 0.101. The van der Waals surface area contributed by atoms with Crippen molar-refractivity contribution in [1.29, 1.82) is 0 Å². The summed E-state index contributed by atoms with van der Waals surface area (Å²) >= 11 is 0. The molecule has 0 aromatic rings. The average Bonchev–Trinajstić information content (AvgIpc) is 1.97. The van der Waals surface area contributed by atoms with Gasteiger partial charge in [-0.25, -0.2) is 8.42 Å². The number of sulfone groups is 1. The second kappa shape index (κ2) is 5.51. The van der Waals surface area contributed by atoms with Crippen LogP contribution in [0.15, 0.2) is 0 Å². The summed E-state index contributed by atoms with van der Waals surface area (Å²) in [5, 5.41) is 0. The molecule has 0 unspecified atom stereocenters. The molecular weight excluding hydrogens is 166 g/mol. The third-order valence-electron chi connectivity index (χ3n) is 1.26. The molecule has 0 aromatic carbocycles. The molecule has 4 nitrogen and oxygen atoms in total. The van der Waals surface area contributed by atoms with Crippen LogP contribution in [0.25, 0.3) is 0 Å². The van der Waals surface area contributed by atoms with Crippen LogP contribution in [-0.4, -0.2) is 40.2 Å². The minimum Gasteiger partial charge on any atom is -0.384 e. The van der Waals surface area contributed by atoms with Gasteiger partial charge in [0.15, 0.2) is 9.84 Å². The van der Waals surface area contributed by atoms with E-state index in [1.54, 1.807) is 0 Å². The van der Waals surface area contributed by atoms with Crippen molar-refractivity contribution in [2.45, 2.75) is 6.42 Å². The third-order valence-corrected chi connectivity index (χ3v) is 2.96. The summed E-state index contributed by atoms with van der Waals surface area (Å²) in [5.74, 6) is 0.274. The molecule has 68 valence electrons. The zero-order valence-corrected chi connectivity index (χ0v) is 7.56. The molecule has 0 saturated carbocycles. The first-order chi connectivity index (χ1) is 5.12. The van der Waals surface area contributed by atoms with Gasteiger partial charge in [-0.1, -0.05) is 0 Å². The molecule has 0 heterocycles. The van der Waals surface area contributed by atoms with Crippen LogP contribution in [0.1, 0.15) is 6.42 Å². The van der Waals surface area contributed by atoms with Crippen molar-refractivity contribution in [2.24, 2.45) is 5.73 Å². The van der Waals surface area contributed by atoms with Gasteiger partial charge in [0, 0.05) is 7.11 Å². The number of hydrogen-bond acceptors (Lipinski definition) is 4. The molecule has 0 aliphatic carbocycles. The minimum atomic E-state index is -2.91. The molecule has 0 spiro atoms. The molecule has 0 rings (SSSR count). The van der Waals surface area contributed by atoms with Crippen LogP contribution in [0.2, 0.25) is 0 Å².